The van der Waals surface area contributed by atoms with E-state index in [1.54, 1.807) is 0 Å². The molecule has 2 aliphatic rings. The highest BCUT2D eigenvalue weighted by Crippen LogP contribution is 2.59. The van der Waals surface area contributed by atoms with E-state index < -0.39 is 5.41 Å². The molecule has 5 rings (SSSR count). The quantitative estimate of drug-likeness (QED) is 0.462. The first kappa shape index (κ1) is 22.6. The smallest absolute Gasteiger partial charge is 0.236 e. The molecule has 0 bridgehead atoms. The number of ketones is 1. The zero-order valence-corrected chi connectivity index (χ0v) is 20.5. The lowest BCUT2D eigenvalue weighted by molar-refractivity contribution is -0.128. The summed E-state index contributed by atoms with van der Waals surface area (Å²) in [6.07, 6.45) is 0.757. The molecule has 3 heteroatoms. The fraction of sp³-hybridized carbons (Fsp3) is 0.355. The van der Waals surface area contributed by atoms with E-state index in [2.05, 4.69) is 87.6 Å². The summed E-state index contributed by atoms with van der Waals surface area (Å²) in [6.45, 7) is 8.71. The SMILES string of the molecule is CC(C)c1ccc([C@@H]2CC(=O)C[C@@H](c3ccc(C(C)C)cc3)C23C(=O)Nc2ccccc23)cc1. The van der Waals surface area contributed by atoms with Crippen LogP contribution in [0, 0.1) is 0 Å². The van der Waals surface area contributed by atoms with Crippen LogP contribution in [0.25, 0.3) is 0 Å². The average Bonchev–Trinajstić information content (AvgIpc) is 3.12. The van der Waals surface area contributed by atoms with Gasteiger partial charge in [0.1, 0.15) is 5.78 Å². The third-order valence-electron chi connectivity index (χ3n) is 7.97. The van der Waals surface area contributed by atoms with Crippen molar-refractivity contribution in [2.75, 3.05) is 5.32 Å². The number of carbonyl (C=O) groups is 2. The molecule has 3 aromatic rings. The molecule has 1 aliphatic carbocycles. The normalized spacial score (nSPS) is 21.2. The molecule has 34 heavy (non-hydrogen) atoms. The monoisotopic (exact) mass is 451 g/mol. The van der Waals surface area contributed by atoms with E-state index in [1.807, 2.05) is 18.2 Å². The number of hydrogen-bond acceptors (Lipinski definition) is 2. The molecule has 2 atom stereocenters. The minimum absolute atomic E-state index is 0.0112. The van der Waals surface area contributed by atoms with Crippen molar-refractivity contribution in [2.45, 2.75) is 69.6 Å². The Kier molecular flexibility index (Phi) is 5.67. The van der Waals surface area contributed by atoms with E-state index in [0.717, 1.165) is 22.4 Å². The molecule has 0 aromatic heterocycles. The topological polar surface area (TPSA) is 46.2 Å². The highest BCUT2D eigenvalue weighted by atomic mass is 16.2. The van der Waals surface area contributed by atoms with E-state index in [-0.39, 0.29) is 23.5 Å². The first-order valence-electron chi connectivity index (χ1n) is 12.4. The van der Waals surface area contributed by atoms with Crippen LogP contribution in [0.2, 0.25) is 0 Å². The molecule has 1 spiro atoms. The lowest BCUT2D eigenvalue weighted by atomic mass is 9.54. The number of nitrogens with one attached hydrogen (secondary N) is 1. The lowest BCUT2D eigenvalue weighted by Crippen LogP contribution is -2.50. The number of rotatable bonds is 4. The van der Waals surface area contributed by atoms with Crippen LogP contribution in [0.5, 0.6) is 0 Å². The van der Waals surface area contributed by atoms with Crippen LogP contribution in [0.1, 0.15) is 92.0 Å². The number of carbonyl (C=O) groups excluding carboxylic acids is 2. The van der Waals surface area contributed by atoms with Crippen molar-refractivity contribution in [3.8, 4) is 0 Å². The second-order valence-corrected chi connectivity index (χ2v) is 10.6. The van der Waals surface area contributed by atoms with Gasteiger partial charge in [-0.25, -0.2) is 0 Å². The Morgan fingerprint density at radius 1 is 0.706 bits per heavy atom. The van der Waals surface area contributed by atoms with Gasteiger partial charge in [0.25, 0.3) is 0 Å². The van der Waals surface area contributed by atoms with Crippen LogP contribution >= 0.6 is 0 Å². The molecule has 0 saturated heterocycles. The summed E-state index contributed by atoms with van der Waals surface area (Å²) in [6, 6.07) is 25.2. The van der Waals surface area contributed by atoms with Crippen molar-refractivity contribution >= 4 is 17.4 Å². The molecule has 1 saturated carbocycles. The summed E-state index contributed by atoms with van der Waals surface area (Å²) in [5, 5.41) is 3.18. The Morgan fingerprint density at radius 2 is 1.18 bits per heavy atom. The fourth-order valence-electron chi connectivity index (χ4n) is 6.08. The van der Waals surface area contributed by atoms with Crippen LogP contribution < -0.4 is 5.32 Å². The molecule has 1 amide bonds. The van der Waals surface area contributed by atoms with Gasteiger partial charge >= 0.3 is 0 Å². The molecule has 3 aromatic carbocycles. The summed E-state index contributed by atoms with van der Waals surface area (Å²) in [5.41, 5.74) is 5.72. The maximum Gasteiger partial charge on any atom is 0.236 e. The first-order valence-corrected chi connectivity index (χ1v) is 12.4. The van der Waals surface area contributed by atoms with Crippen molar-refractivity contribution in [3.63, 3.8) is 0 Å². The molecule has 1 aliphatic heterocycles. The number of hydrogen-bond donors (Lipinski definition) is 1. The summed E-state index contributed by atoms with van der Waals surface area (Å²) in [5.74, 6) is 0.662. The lowest BCUT2D eigenvalue weighted by Gasteiger charge is -2.46. The van der Waals surface area contributed by atoms with Gasteiger partial charge in [-0.2, -0.15) is 0 Å². The van der Waals surface area contributed by atoms with E-state index >= 15 is 0 Å². The summed E-state index contributed by atoms with van der Waals surface area (Å²) in [4.78, 5) is 27.2. The second kappa shape index (κ2) is 8.54. The highest BCUT2D eigenvalue weighted by molar-refractivity contribution is 6.09. The zero-order chi connectivity index (χ0) is 24.0. The minimum atomic E-state index is -0.816. The Balaban J connectivity index is 1.71. The molecule has 1 N–H and O–H groups in total. The molecular weight excluding hydrogens is 418 g/mol. The van der Waals surface area contributed by atoms with Gasteiger partial charge in [0.05, 0.1) is 5.41 Å². The van der Waals surface area contributed by atoms with Crippen LogP contribution in [0.3, 0.4) is 0 Å². The number of benzene rings is 3. The molecule has 1 heterocycles. The summed E-state index contributed by atoms with van der Waals surface area (Å²) >= 11 is 0. The first-order chi connectivity index (χ1) is 16.3. The van der Waals surface area contributed by atoms with Gasteiger partial charge in [0, 0.05) is 30.4 Å². The summed E-state index contributed by atoms with van der Waals surface area (Å²) in [7, 11) is 0. The van der Waals surface area contributed by atoms with Gasteiger partial charge < -0.3 is 5.32 Å². The van der Waals surface area contributed by atoms with Crippen LogP contribution in [-0.2, 0) is 15.0 Å². The predicted octanol–water partition coefficient (Wildman–Crippen LogP) is 7.05. The van der Waals surface area contributed by atoms with Gasteiger partial charge in [0.2, 0.25) is 5.91 Å². The van der Waals surface area contributed by atoms with E-state index in [4.69, 9.17) is 0 Å². The van der Waals surface area contributed by atoms with E-state index in [0.29, 0.717) is 24.7 Å². The Bertz CT molecular complexity index is 1160. The third-order valence-corrected chi connectivity index (χ3v) is 7.97. The van der Waals surface area contributed by atoms with Gasteiger partial charge in [-0.3, -0.25) is 9.59 Å². The number of anilines is 1. The van der Waals surface area contributed by atoms with Crippen LogP contribution in [0.15, 0.2) is 72.8 Å². The Morgan fingerprint density at radius 3 is 1.65 bits per heavy atom. The second-order valence-electron chi connectivity index (χ2n) is 10.6. The van der Waals surface area contributed by atoms with Gasteiger partial charge in [-0.15, -0.1) is 0 Å². The van der Waals surface area contributed by atoms with Crippen molar-refractivity contribution in [1.29, 1.82) is 0 Å². The van der Waals surface area contributed by atoms with Crippen molar-refractivity contribution in [2.24, 2.45) is 0 Å². The van der Waals surface area contributed by atoms with Crippen LogP contribution in [-0.4, -0.2) is 11.7 Å². The van der Waals surface area contributed by atoms with E-state index in [9.17, 15) is 9.59 Å². The van der Waals surface area contributed by atoms with Gasteiger partial charge in [0.15, 0.2) is 0 Å². The number of para-hydroxylation sites is 1. The van der Waals surface area contributed by atoms with Crippen molar-refractivity contribution in [1.82, 2.24) is 0 Å². The number of fused-ring (bicyclic) bond motifs is 2. The molecule has 1 fully saturated rings. The van der Waals surface area contributed by atoms with Crippen molar-refractivity contribution in [3.05, 3.63) is 101 Å². The molecule has 174 valence electrons. The third kappa shape index (κ3) is 3.50. The maximum absolute atomic E-state index is 14.0. The fourth-order valence-corrected chi connectivity index (χ4v) is 6.08. The maximum atomic E-state index is 14.0. The molecular formula is C31H33NO2. The van der Waals surface area contributed by atoms with Gasteiger partial charge in [-0.1, -0.05) is 94.4 Å². The van der Waals surface area contributed by atoms with E-state index in [1.165, 1.54) is 11.1 Å². The molecule has 0 unspecified atom stereocenters. The van der Waals surface area contributed by atoms with Crippen LogP contribution in [0.4, 0.5) is 5.69 Å². The number of Topliss-reactive ketones (excluding diaryl/α,β-unsaturated/α-hetero) is 1. The van der Waals surface area contributed by atoms with Crippen molar-refractivity contribution < 1.29 is 9.59 Å². The Hall–Kier alpha value is -3.20. The number of amides is 1. The molecule has 3 nitrogen and oxygen atoms in total. The van der Waals surface area contributed by atoms with Gasteiger partial charge in [-0.05, 0) is 45.7 Å². The minimum Gasteiger partial charge on any atom is -0.325 e. The summed E-state index contributed by atoms with van der Waals surface area (Å²) < 4.78 is 0. The predicted molar refractivity (Wildman–Crippen MR) is 138 cm³/mol. The largest absolute Gasteiger partial charge is 0.325 e. The highest BCUT2D eigenvalue weighted by Gasteiger charge is 2.60. The Labute approximate surface area is 202 Å². The average molecular weight is 452 g/mol. The zero-order valence-electron chi connectivity index (χ0n) is 20.5. The standard InChI is InChI=1S/C31H33NO2/c1-19(2)21-9-13-23(14-10-21)27-17-25(33)18-28(24-15-11-22(12-16-24)20(3)4)31(27)26-7-5-6-8-29(26)32-30(31)34/h5-16,19-20,27-28H,17-18H2,1-4H3,(H,32,34)/t27-,28-/m0/s1. The molecule has 0 radical (unpaired) electrons.